The predicted octanol–water partition coefficient (Wildman–Crippen LogP) is 2.50. The minimum atomic E-state index is -0.0449. The van der Waals surface area contributed by atoms with Gasteiger partial charge in [-0.25, -0.2) is 0 Å². The molecule has 0 aliphatic carbocycles. The van der Waals surface area contributed by atoms with Crippen LogP contribution in [-0.2, 0) is 4.74 Å². The SMILES string of the molecule is CC[C@@H](N)c1ccc(N2CCCC(C)(OC)C2)cn1. The summed E-state index contributed by atoms with van der Waals surface area (Å²) in [4.78, 5) is 6.84. The third kappa shape index (κ3) is 3.25. The molecule has 1 saturated heterocycles. The van der Waals surface area contributed by atoms with Crippen LogP contribution in [0, 0.1) is 0 Å². The molecule has 19 heavy (non-hydrogen) atoms. The second-order valence-corrected chi connectivity index (χ2v) is 5.64. The van der Waals surface area contributed by atoms with Gasteiger partial charge in [-0.1, -0.05) is 6.92 Å². The van der Waals surface area contributed by atoms with E-state index in [1.165, 1.54) is 0 Å². The average molecular weight is 263 g/mol. The Balaban J connectivity index is 2.09. The summed E-state index contributed by atoms with van der Waals surface area (Å²) in [7, 11) is 1.80. The molecule has 106 valence electrons. The molecule has 2 N–H and O–H groups in total. The standard InChI is InChI=1S/C15H25N3O/c1-4-13(16)14-7-6-12(10-17-14)18-9-5-8-15(2,11-18)19-3/h6-7,10,13H,4-5,8-9,11,16H2,1-3H3/t13-,15?/m1/s1. The van der Waals surface area contributed by atoms with Crippen LogP contribution >= 0.6 is 0 Å². The Hall–Kier alpha value is -1.13. The van der Waals surface area contributed by atoms with Gasteiger partial charge in [-0.2, -0.15) is 0 Å². The first-order valence-electron chi connectivity index (χ1n) is 7.09. The van der Waals surface area contributed by atoms with E-state index < -0.39 is 0 Å². The molecule has 1 fully saturated rings. The molecule has 4 heteroatoms. The van der Waals surface area contributed by atoms with Crippen LogP contribution in [0.1, 0.15) is 44.8 Å². The van der Waals surface area contributed by atoms with E-state index in [1.807, 2.05) is 12.3 Å². The minimum Gasteiger partial charge on any atom is -0.377 e. The van der Waals surface area contributed by atoms with Gasteiger partial charge in [-0.3, -0.25) is 4.98 Å². The number of ether oxygens (including phenoxy) is 1. The van der Waals surface area contributed by atoms with E-state index >= 15 is 0 Å². The van der Waals surface area contributed by atoms with Crippen LogP contribution in [0.15, 0.2) is 18.3 Å². The number of methoxy groups -OCH3 is 1. The Labute approximate surface area is 116 Å². The fraction of sp³-hybridized carbons (Fsp3) is 0.667. The van der Waals surface area contributed by atoms with Gasteiger partial charge in [0.1, 0.15) is 0 Å². The van der Waals surface area contributed by atoms with Gasteiger partial charge in [0.2, 0.25) is 0 Å². The van der Waals surface area contributed by atoms with Crippen molar-refractivity contribution in [2.45, 2.75) is 44.8 Å². The summed E-state index contributed by atoms with van der Waals surface area (Å²) in [6.45, 7) is 6.24. The van der Waals surface area contributed by atoms with Crippen LogP contribution in [0.5, 0.6) is 0 Å². The molecule has 0 spiro atoms. The lowest BCUT2D eigenvalue weighted by Gasteiger charge is -2.40. The number of hydrogen-bond acceptors (Lipinski definition) is 4. The van der Waals surface area contributed by atoms with Crippen molar-refractivity contribution in [2.24, 2.45) is 5.73 Å². The van der Waals surface area contributed by atoms with Crippen molar-refractivity contribution in [1.29, 1.82) is 0 Å². The first-order valence-corrected chi connectivity index (χ1v) is 7.09. The van der Waals surface area contributed by atoms with E-state index in [9.17, 15) is 0 Å². The number of rotatable bonds is 4. The molecule has 2 rings (SSSR count). The van der Waals surface area contributed by atoms with E-state index in [4.69, 9.17) is 10.5 Å². The molecular formula is C15H25N3O. The topological polar surface area (TPSA) is 51.4 Å². The quantitative estimate of drug-likeness (QED) is 0.907. The van der Waals surface area contributed by atoms with E-state index in [0.29, 0.717) is 0 Å². The van der Waals surface area contributed by atoms with Crippen LogP contribution in [0.3, 0.4) is 0 Å². The first-order chi connectivity index (χ1) is 9.08. The van der Waals surface area contributed by atoms with Gasteiger partial charge in [0.15, 0.2) is 0 Å². The lowest BCUT2D eigenvalue weighted by atomic mass is 9.94. The second-order valence-electron chi connectivity index (χ2n) is 5.64. The van der Waals surface area contributed by atoms with Crippen LogP contribution in [0.25, 0.3) is 0 Å². The highest BCUT2D eigenvalue weighted by Gasteiger charge is 2.30. The fourth-order valence-electron chi connectivity index (χ4n) is 2.61. The summed E-state index contributed by atoms with van der Waals surface area (Å²) in [5.41, 5.74) is 8.08. The maximum Gasteiger partial charge on any atom is 0.0825 e. The number of anilines is 1. The molecule has 1 aliphatic rings. The van der Waals surface area contributed by atoms with Crippen molar-refractivity contribution in [3.63, 3.8) is 0 Å². The molecule has 4 nitrogen and oxygen atoms in total. The predicted molar refractivity (Wildman–Crippen MR) is 78.3 cm³/mol. The summed E-state index contributed by atoms with van der Waals surface area (Å²) in [6, 6.07) is 4.21. The van der Waals surface area contributed by atoms with Crippen LogP contribution in [0.4, 0.5) is 5.69 Å². The molecule has 0 saturated carbocycles. The number of hydrogen-bond donors (Lipinski definition) is 1. The number of nitrogens with two attached hydrogens (primary N) is 1. The van der Waals surface area contributed by atoms with Crippen molar-refractivity contribution in [3.05, 3.63) is 24.0 Å². The van der Waals surface area contributed by atoms with E-state index in [0.717, 1.165) is 43.7 Å². The summed E-state index contributed by atoms with van der Waals surface area (Å²) >= 11 is 0. The highest BCUT2D eigenvalue weighted by Crippen LogP contribution is 2.28. The highest BCUT2D eigenvalue weighted by molar-refractivity contribution is 5.45. The van der Waals surface area contributed by atoms with Crippen molar-refractivity contribution >= 4 is 5.69 Å². The maximum absolute atomic E-state index is 5.99. The monoisotopic (exact) mass is 263 g/mol. The van der Waals surface area contributed by atoms with Gasteiger partial charge < -0.3 is 15.4 Å². The summed E-state index contributed by atoms with van der Waals surface area (Å²) in [5, 5.41) is 0. The van der Waals surface area contributed by atoms with Gasteiger partial charge in [0.25, 0.3) is 0 Å². The van der Waals surface area contributed by atoms with Crippen LogP contribution < -0.4 is 10.6 Å². The number of pyridine rings is 1. The summed E-state index contributed by atoms with van der Waals surface area (Å²) < 4.78 is 5.63. The van der Waals surface area contributed by atoms with Gasteiger partial charge >= 0.3 is 0 Å². The molecule has 2 atom stereocenters. The Morgan fingerprint density at radius 3 is 2.89 bits per heavy atom. The largest absolute Gasteiger partial charge is 0.377 e. The smallest absolute Gasteiger partial charge is 0.0825 e. The zero-order chi connectivity index (χ0) is 13.9. The number of piperidine rings is 1. The van der Waals surface area contributed by atoms with Crippen LogP contribution in [-0.4, -0.2) is 30.8 Å². The Morgan fingerprint density at radius 1 is 1.53 bits per heavy atom. The Kier molecular flexibility index (Phi) is 4.42. The van der Waals surface area contributed by atoms with Gasteiger partial charge in [-0.15, -0.1) is 0 Å². The first kappa shape index (κ1) is 14.3. The molecule has 1 aromatic heterocycles. The molecule has 0 bridgehead atoms. The van der Waals surface area contributed by atoms with Gasteiger partial charge in [0, 0.05) is 26.2 Å². The molecule has 1 unspecified atom stereocenters. The van der Waals surface area contributed by atoms with E-state index in [-0.39, 0.29) is 11.6 Å². The third-order valence-corrected chi connectivity index (χ3v) is 4.11. The molecule has 1 aromatic rings. The molecule has 0 aromatic carbocycles. The zero-order valence-electron chi connectivity index (χ0n) is 12.2. The number of aromatic nitrogens is 1. The maximum atomic E-state index is 5.99. The Morgan fingerprint density at radius 2 is 2.32 bits per heavy atom. The molecule has 2 heterocycles. The fourth-order valence-corrected chi connectivity index (χ4v) is 2.61. The normalized spacial score (nSPS) is 25.4. The van der Waals surface area contributed by atoms with Crippen LogP contribution in [0.2, 0.25) is 0 Å². The Bertz CT molecular complexity index is 406. The van der Waals surface area contributed by atoms with E-state index in [2.05, 4.69) is 29.8 Å². The van der Waals surface area contributed by atoms with Gasteiger partial charge in [-0.05, 0) is 38.3 Å². The molecule has 0 amide bonds. The van der Waals surface area contributed by atoms with Crippen molar-refractivity contribution in [3.8, 4) is 0 Å². The lowest BCUT2D eigenvalue weighted by Crippen LogP contribution is -2.47. The molecule has 0 radical (unpaired) electrons. The highest BCUT2D eigenvalue weighted by atomic mass is 16.5. The molecule has 1 aliphatic heterocycles. The van der Waals surface area contributed by atoms with Crippen molar-refractivity contribution < 1.29 is 4.74 Å². The average Bonchev–Trinajstić information content (AvgIpc) is 2.46. The zero-order valence-corrected chi connectivity index (χ0v) is 12.2. The summed E-state index contributed by atoms with van der Waals surface area (Å²) in [6.07, 6.45) is 5.12. The second kappa shape index (κ2) is 5.88. The van der Waals surface area contributed by atoms with E-state index in [1.54, 1.807) is 7.11 Å². The number of nitrogens with zero attached hydrogens (tertiary/aromatic N) is 2. The summed E-state index contributed by atoms with van der Waals surface area (Å²) in [5.74, 6) is 0. The third-order valence-electron chi connectivity index (χ3n) is 4.11. The van der Waals surface area contributed by atoms with Gasteiger partial charge in [0.05, 0.1) is 23.2 Å². The molecular weight excluding hydrogens is 238 g/mol. The van der Waals surface area contributed by atoms with Crippen molar-refractivity contribution in [1.82, 2.24) is 4.98 Å². The minimum absolute atomic E-state index is 0.0413. The van der Waals surface area contributed by atoms with Crippen molar-refractivity contribution in [2.75, 3.05) is 25.1 Å². The lowest BCUT2D eigenvalue weighted by molar-refractivity contribution is -0.00466.